The number of aliphatic hydroxyl groups excluding tert-OH is 1. The number of nitrogens with two attached hydrogens (primary N) is 1. The Morgan fingerprint density at radius 1 is 1.69 bits per heavy atom. The van der Waals surface area contributed by atoms with Crippen molar-refractivity contribution < 1.29 is 9.84 Å². The average Bonchev–Trinajstić information content (AvgIpc) is 2.15. The molecular weight excluding hydrogens is 188 g/mol. The molecule has 0 radical (unpaired) electrons. The molecular formula is C8H10N2O2S. The molecule has 70 valence electrons. The second kappa shape index (κ2) is 4.74. The van der Waals surface area contributed by atoms with E-state index in [1.807, 2.05) is 0 Å². The largest absolute Gasteiger partial charge is 0.491 e. The predicted molar refractivity (Wildman–Crippen MR) is 52.7 cm³/mol. The molecule has 3 N–H and O–H groups in total. The maximum atomic E-state index is 8.51. The highest BCUT2D eigenvalue weighted by atomic mass is 32.1. The van der Waals surface area contributed by atoms with Gasteiger partial charge in [0.1, 0.15) is 23.0 Å². The first kappa shape index (κ1) is 9.88. The minimum atomic E-state index is -0.0231. The van der Waals surface area contributed by atoms with Gasteiger partial charge >= 0.3 is 0 Å². The average molecular weight is 198 g/mol. The third kappa shape index (κ3) is 2.96. The molecule has 5 heteroatoms. The first-order chi connectivity index (χ1) is 6.24. The molecule has 0 aromatic carbocycles. The molecule has 0 bridgehead atoms. The summed E-state index contributed by atoms with van der Waals surface area (Å²) in [6.45, 7) is 0.228. The molecule has 0 atom stereocenters. The standard InChI is InChI=1S/C8H10N2O2S/c9-8(13)7-5-6(1-2-10-7)12-4-3-11/h1-2,5,11H,3-4H2,(H2,9,13). The van der Waals surface area contributed by atoms with Gasteiger partial charge in [0.2, 0.25) is 0 Å². The van der Waals surface area contributed by atoms with Crippen molar-refractivity contribution in [3.05, 3.63) is 24.0 Å². The van der Waals surface area contributed by atoms with Crippen LogP contribution in [0.3, 0.4) is 0 Å². The topological polar surface area (TPSA) is 68.4 Å². The maximum absolute atomic E-state index is 8.51. The van der Waals surface area contributed by atoms with Gasteiger partial charge in [-0.05, 0) is 6.07 Å². The van der Waals surface area contributed by atoms with E-state index >= 15 is 0 Å². The summed E-state index contributed by atoms with van der Waals surface area (Å²) >= 11 is 4.74. The van der Waals surface area contributed by atoms with Crippen LogP contribution in [0, 0.1) is 0 Å². The van der Waals surface area contributed by atoms with Crippen LogP contribution in [0.1, 0.15) is 5.69 Å². The number of pyridine rings is 1. The number of rotatable bonds is 4. The highest BCUT2D eigenvalue weighted by Crippen LogP contribution is 2.10. The van der Waals surface area contributed by atoms with Crippen molar-refractivity contribution in [3.8, 4) is 5.75 Å². The summed E-state index contributed by atoms with van der Waals surface area (Å²) in [6.07, 6.45) is 1.56. The van der Waals surface area contributed by atoms with Gasteiger partial charge in [0, 0.05) is 12.3 Å². The van der Waals surface area contributed by atoms with E-state index in [1.165, 1.54) is 0 Å². The van der Waals surface area contributed by atoms with Crippen LogP contribution in [0.5, 0.6) is 5.75 Å². The Morgan fingerprint density at radius 2 is 2.46 bits per heavy atom. The molecule has 0 spiro atoms. The highest BCUT2D eigenvalue weighted by molar-refractivity contribution is 7.80. The van der Waals surface area contributed by atoms with Crippen LogP contribution in [-0.4, -0.2) is 28.3 Å². The zero-order chi connectivity index (χ0) is 9.68. The Balaban J connectivity index is 2.73. The number of aliphatic hydroxyl groups is 1. The Kier molecular flexibility index (Phi) is 3.60. The molecule has 0 amide bonds. The lowest BCUT2D eigenvalue weighted by Gasteiger charge is -2.04. The fraction of sp³-hybridized carbons (Fsp3) is 0.250. The molecule has 13 heavy (non-hydrogen) atoms. The zero-order valence-corrected chi connectivity index (χ0v) is 7.75. The first-order valence-corrected chi connectivity index (χ1v) is 4.14. The van der Waals surface area contributed by atoms with Crippen LogP contribution < -0.4 is 10.5 Å². The van der Waals surface area contributed by atoms with Crippen molar-refractivity contribution in [2.75, 3.05) is 13.2 Å². The van der Waals surface area contributed by atoms with Crippen molar-refractivity contribution in [1.29, 1.82) is 0 Å². The van der Waals surface area contributed by atoms with Gasteiger partial charge < -0.3 is 15.6 Å². The SMILES string of the molecule is NC(=S)c1cc(OCCO)ccn1. The highest BCUT2D eigenvalue weighted by Gasteiger charge is 1.99. The number of hydrogen-bond acceptors (Lipinski definition) is 4. The Bertz CT molecular complexity index is 304. The van der Waals surface area contributed by atoms with Crippen LogP contribution >= 0.6 is 12.2 Å². The van der Waals surface area contributed by atoms with Crippen LogP contribution in [0.15, 0.2) is 18.3 Å². The molecule has 0 aliphatic heterocycles. The van der Waals surface area contributed by atoms with Gasteiger partial charge in [-0.15, -0.1) is 0 Å². The molecule has 1 rings (SSSR count). The number of ether oxygens (including phenoxy) is 1. The Morgan fingerprint density at radius 3 is 3.08 bits per heavy atom. The van der Waals surface area contributed by atoms with E-state index in [0.717, 1.165) is 0 Å². The molecule has 0 aliphatic carbocycles. The Hall–Kier alpha value is -1.20. The molecule has 1 aromatic heterocycles. The lowest BCUT2D eigenvalue weighted by atomic mass is 10.3. The van der Waals surface area contributed by atoms with Crippen molar-refractivity contribution in [2.45, 2.75) is 0 Å². The number of nitrogens with zero attached hydrogens (tertiary/aromatic N) is 1. The van der Waals surface area contributed by atoms with Gasteiger partial charge in [0.05, 0.1) is 6.61 Å². The fourth-order valence-electron chi connectivity index (χ4n) is 0.799. The molecule has 0 unspecified atom stereocenters. The predicted octanol–water partition coefficient (Wildman–Crippen LogP) is 0.0869. The second-order valence-electron chi connectivity index (χ2n) is 2.31. The normalized spacial score (nSPS) is 9.62. The lowest BCUT2D eigenvalue weighted by molar-refractivity contribution is 0.201. The van der Waals surface area contributed by atoms with Gasteiger partial charge in [-0.1, -0.05) is 12.2 Å². The summed E-state index contributed by atoms with van der Waals surface area (Å²) < 4.78 is 5.14. The van der Waals surface area contributed by atoms with E-state index in [4.69, 9.17) is 27.8 Å². The molecule has 1 aromatic rings. The van der Waals surface area contributed by atoms with Crippen molar-refractivity contribution >= 4 is 17.2 Å². The minimum absolute atomic E-state index is 0.0231. The van der Waals surface area contributed by atoms with E-state index < -0.39 is 0 Å². The molecule has 0 saturated heterocycles. The zero-order valence-electron chi connectivity index (χ0n) is 6.93. The maximum Gasteiger partial charge on any atom is 0.123 e. The van der Waals surface area contributed by atoms with Gasteiger partial charge in [0.15, 0.2) is 0 Å². The monoisotopic (exact) mass is 198 g/mol. The molecule has 0 saturated carbocycles. The minimum Gasteiger partial charge on any atom is -0.491 e. The summed E-state index contributed by atoms with van der Waals surface area (Å²) in [5.41, 5.74) is 5.89. The summed E-state index contributed by atoms with van der Waals surface area (Å²) in [7, 11) is 0. The third-order valence-corrected chi connectivity index (χ3v) is 1.55. The molecule has 0 fully saturated rings. The van der Waals surface area contributed by atoms with Gasteiger partial charge in [-0.2, -0.15) is 0 Å². The first-order valence-electron chi connectivity index (χ1n) is 3.73. The van der Waals surface area contributed by atoms with E-state index in [2.05, 4.69) is 4.98 Å². The van der Waals surface area contributed by atoms with E-state index in [9.17, 15) is 0 Å². The van der Waals surface area contributed by atoms with Crippen molar-refractivity contribution in [1.82, 2.24) is 4.98 Å². The summed E-state index contributed by atoms with van der Waals surface area (Å²) in [6, 6.07) is 3.31. The van der Waals surface area contributed by atoms with Crippen LogP contribution in [0.4, 0.5) is 0 Å². The van der Waals surface area contributed by atoms with Gasteiger partial charge in [0.25, 0.3) is 0 Å². The van der Waals surface area contributed by atoms with E-state index in [0.29, 0.717) is 11.4 Å². The quantitative estimate of drug-likeness (QED) is 0.671. The molecule has 4 nitrogen and oxygen atoms in total. The van der Waals surface area contributed by atoms with Crippen LogP contribution in [-0.2, 0) is 0 Å². The van der Waals surface area contributed by atoms with Crippen molar-refractivity contribution in [3.63, 3.8) is 0 Å². The molecule has 1 heterocycles. The van der Waals surface area contributed by atoms with Crippen LogP contribution in [0.2, 0.25) is 0 Å². The second-order valence-corrected chi connectivity index (χ2v) is 2.75. The summed E-state index contributed by atoms with van der Waals surface area (Å²) in [5, 5.41) is 8.51. The Labute approximate surface area is 81.4 Å². The number of thiocarbonyl (C=S) groups is 1. The smallest absolute Gasteiger partial charge is 0.123 e. The molecule has 0 aliphatic rings. The van der Waals surface area contributed by atoms with E-state index in [-0.39, 0.29) is 18.2 Å². The fourth-order valence-corrected chi connectivity index (χ4v) is 0.911. The van der Waals surface area contributed by atoms with E-state index in [1.54, 1.807) is 18.3 Å². The van der Waals surface area contributed by atoms with Gasteiger partial charge in [-0.25, -0.2) is 0 Å². The number of aromatic nitrogens is 1. The van der Waals surface area contributed by atoms with Crippen LogP contribution in [0.25, 0.3) is 0 Å². The summed E-state index contributed by atoms with van der Waals surface area (Å²) in [4.78, 5) is 4.17. The van der Waals surface area contributed by atoms with Crippen molar-refractivity contribution in [2.24, 2.45) is 5.73 Å². The number of hydrogen-bond donors (Lipinski definition) is 2. The summed E-state index contributed by atoms with van der Waals surface area (Å²) in [5.74, 6) is 0.604. The lowest BCUT2D eigenvalue weighted by Crippen LogP contribution is -2.11. The third-order valence-electron chi connectivity index (χ3n) is 1.34. The van der Waals surface area contributed by atoms with Gasteiger partial charge in [-0.3, -0.25) is 4.98 Å².